The number of fused-ring (bicyclic) bond motifs is 1. The molecule has 1 unspecified atom stereocenters. The van der Waals surface area contributed by atoms with Crippen molar-refractivity contribution in [1.29, 1.82) is 0 Å². The Hall–Kier alpha value is -3.75. The van der Waals surface area contributed by atoms with E-state index in [0.717, 1.165) is 11.1 Å². The molecule has 1 saturated heterocycles. The zero-order valence-corrected chi connectivity index (χ0v) is 20.2. The summed E-state index contributed by atoms with van der Waals surface area (Å²) in [5, 5.41) is 12.2. The monoisotopic (exact) mass is 505 g/mol. The predicted octanol–water partition coefficient (Wildman–Crippen LogP) is 5.76. The number of aliphatic hydroxyl groups excluding tert-OH is 1. The van der Waals surface area contributed by atoms with Gasteiger partial charge in [-0.15, -0.1) is 0 Å². The minimum Gasteiger partial charge on any atom is -0.507 e. The van der Waals surface area contributed by atoms with Gasteiger partial charge in [-0.1, -0.05) is 42.0 Å². The van der Waals surface area contributed by atoms with Gasteiger partial charge in [0.2, 0.25) is 0 Å². The standard InChI is InChI=1S/C26H20ClN3O4S/c1-2-12-34-18-5-3-4-16(13-18)23(31)21-22(15-8-10-28-11-9-15)30(25(33)24(21)32)26-29-19-7-6-17(27)14-20(19)35-26/h3-11,13-14,22,31H,2,12H2,1H3. The number of aromatic nitrogens is 2. The summed E-state index contributed by atoms with van der Waals surface area (Å²) in [5.41, 5.74) is 1.64. The number of Topliss-reactive ketones (excluding diaryl/α,β-unsaturated/α-hetero) is 1. The first-order valence-corrected chi connectivity index (χ1v) is 12.2. The van der Waals surface area contributed by atoms with Crippen molar-refractivity contribution in [1.82, 2.24) is 9.97 Å². The number of hydrogen-bond donors (Lipinski definition) is 1. The van der Waals surface area contributed by atoms with Gasteiger partial charge in [0.05, 0.1) is 28.4 Å². The molecule has 7 nitrogen and oxygen atoms in total. The van der Waals surface area contributed by atoms with Crippen LogP contribution < -0.4 is 9.64 Å². The molecule has 0 aliphatic carbocycles. The minimum atomic E-state index is -0.880. The van der Waals surface area contributed by atoms with E-state index in [4.69, 9.17) is 16.3 Å². The number of benzene rings is 2. The molecule has 1 atom stereocenters. The van der Waals surface area contributed by atoms with Gasteiger partial charge >= 0.3 is 5.91 Å². The molecular weight excluding hydrogens is 486 g/mol. The largest absolute Gasteiger partial charge is 0.507 e. The fourth-order valence-electron chi connectivity index (χ4n) is 3.99. The van der Waals surface area contributed by atoms with Gasteiger partial charge in [-0.25, -0.2) is 4.98 Å². The molecule has 9 heteroatoms. The van der Waals surface area contributed by atoms with Crippen molar-refractivity contribution in [3.63, 3.8) is 0 Å². The number of ether oxygens (including phenoxy) is 1. The maximum Gasteiger partial charge on any atom is 0.301 e. The Balaban J connectivity index is 1.67. The lowest BCUT2D eigenvalue weighted by molar-refractivity contribution is -0.132. The highest BCUT2D eigenvalue weighted by Gasteiger charge is 2.48. The van der Waals surface area contributed by atoms with Crippen LogP contribution in [0.2, 0.25) is 5.02 Å². The Bertz CT molecular complexity index is 1470. The molecular formula is C26H20ClN3O4S. The maximum atomic E-state index is 13.3. The lowest BCUT2D eigenvalue weighted by Gasteiger charge is -2.22. The molecule has 1 N–H and O–H groups in total. The molecule has 35 heavy (non-hydrogen) atoms. The van der Waals surface area contributed by atoms with Gasteiger partial charge < -0.3 is 9.84 Å². The number of ketones is 1. The molecule has 1 fully saturated rings. The molecule has 0 bridgehead atoms. The summed E-state index contributed by atoms with van der Waals surface area (Å²) in [6.45, 7) is 2.52. The molecule has 0 radical (unpaired) electrons. The van der Waals surface area contributed by atoms with E-state index in [-0.39, 0.29) is 11.3 Å². The molecule has 0 spiro atoms. The Kier molecular flexibility index (Phi) is 6.23. The summed E-state index contributed by atoms with van der Waals surface area (Å²) >= 11 is 7.38. The van der Waals surface area contributed by atoms with Gasteiger partial charge in [-0.05, 0) is 54.4 Å². The fourth-order valence-corrected chi connectivity index (χ4v) is 5.26. The number of pyridine rings is 1. The normalized spacial score (nSPS) is 17.3. The first kappa shape index (κ1) is 23.0. The Morgan fingerprint density at radius 2 is 1.94 bits per heavy atom. The number of carbonyl (C=O) groups excluding carboxylic acids is 2. The van der Waals surface area contributed by atoms with Crippen LogP contribution in [0.3, 0.4) is 0 Å². The third-order valence-electron chi connectivity index (χ3n) is 5.59. The van der Waals surface area contributed by atoms with Gasteiger partial charge in [-0.2, -0.15) is 0 Å². The van der Waals surface area contributed by atoms with Crippen molar-refractivity contribution in [2.24, 2.45) is 0 Å². The van der Waals surface area contributed by atoms with Gasteiger partial charge in [-0.3, -0.25) is 19.5 Å². The van der Waals surface area contributed by atoms with Crippen LogP contribution in [0.1, 0.15) is 30.5 Å². The van der Waals surface area contributed by atoms with Crippen molar-refractivity contribution in [3.05, 3.63) is 88.7 Å². The molecule has 1 aliphatic heterocycles. The molecule has 0 saturated carbocycles. The van der Waals surface area contributed by atoms with Gasteiger partial charge in [0.1, 0.15) is 11.5 Å². The van der Waals surface area contributed by atoms with Crippen LogP contribution in [-0.4, -0.2) is 33.4 Å². The van der Waals surface area contributed by atoms with Crippen molar-refractivity contribution in [2.75, 3.05) is 11.5 Å². The van der Waals surface area contributed by atoms with Crippen LogP contribution in [0.15, 0.2) is 72.6 Å². The van der Waals surface area contributed by atoms with E-state index in [1.165, 1.54) is 16.2 Å². The number of thiazole rings is 1. The van der Waals surface area contributed by atoms with Crippen LogP contribution in [-0.2, 0) is 9.59 Å². The zero-order valence-electron chi connectivity index (χ0n) is 18.6. The lowest BCUT2D eigenvalue weighted by Crippen LogP contribution is -2.29. The number of halogens is 1. The van der Waals surface area contributed by atoms with Gasteiger partial charge in [0.25, 0.3) is 5.78 Å². The lowest BCUT2D eigenvalue weighted by atomic mass is 9.96. The summed E-state index contributed by atoms with van der Waals surface area (Å²) in [6.07, 6.45) is 3.98. The minimum absolute atomic E-state index is 0.0221. The fraction of sp³-hybridized carbons (Fsp3) is 0.154. The average molecular weight is 506 g/mol. The van der Waals surface area contributed by atoms with E-state index in [1.54, 1.807) is 67.0 Å². The average Bonchev–Trinajstić information content (AvgIpc) is 3.40. The second-order valence-electron chi connectivity index (χ2n) is 7.93. The van der Waals surface area contributed by atoms with Crippen LogP contribution in [0.5, 0.6) is 5.75 Å². The Labute approximate surface area is 210 Å². The first-order valence-electron chi connectivity index (χ1n) is 11.0. The Morgan fingerprint density at radius 1 is 1.14 bits per heavy atom. The van der Waals surface area contributed by atoms with Crippen LogP contribution >= 0.6 is 22.9 Å². The van der Waals surface area contributed by atoms with E-state index >= 15 is 0 Å². The van der Waals surface area contributed by atoms with E-state index in [0.29, 0.717) is 39.2 Å². The van der Waals surface area contributed by atoms with Crippen molar-refractivity contribution >= 4 is 55.7 Å². The van der Waals surface area contributed by atoms with Crippen molar-refractivity contribution in [3.8, 4) is 5.75 Å². The number of nitrogens with zero attached hydrogens (tertiary/aromatic N) is 3. The molecule has 4 aromatic rings. The third kappa shape index (κ3) is 4.26. The smallest absolute Gasteiger partial charge is 0.301 e. The van der Waals surface area contributed by atoms with E-state index in [2.05, 4.69) is 9.97 Å². The van der Waals surface area contributed by atoms with Crippen LogP contribution in [0, 0.1) is 0 Å². The first-order chi connectivity index (χ1) is 17.0. The molecule has 1 aliphatic rings. The predicted molar refractivity (Wildman–Crippen MR) is 136 cm³/mol. The molecule has 5 rings (SSSR count). The summed E-state index contributed by atoms with van der Waals surface area (Å²) in [4.78, 5) is 36.6. The van der Waals surface area contributed by atoms with Crippen LogP contribution in [0.4, 0.5) is 5.13 Å². The molecule has 2 aromatic heterocycles. The summed E-state index contributed by atoms with van der Waals surface area (Å²) in [5.74, 6) is -1.27. The highest BCUT2D eigenvalue weighted by Crippen LogP contribution is 2.44. The summed E-state index contributed by atoms with van der Waals surface area (Å²) < 4.78 is 6.46. The maximum absolute atomic E-state index is 13.3. The number of anilines is 1. The summed E-state index contributed by atoms with van der Waals surface area (Å²) in [7, 11) is 0. The molecule has 2 aromatic carbocycles. The van der Waals surface area contributed by atoms with Crippen molar-refractivity contribution < 1.29 is 19.4 Å². The second kappa shape index (κ2) is 9.48. The molecule has 1 amide bonds. The SMILES string of the molecule is CCCOc1cccc(C(O)=C2C(=O)C(=O)N(c3nc4ccc(Cl)cc4s3)C2c2ccncc2)c1. The number of rotatable bonds is 6. The van der Waals surface area contributed by atoms with Crippen molar-refractivity contribution in [2.45, 2.75) is 19.4 Å². The number of amides is 1. The highest BCUT2D eigenvalue weighted by molar-refractivity contribution is 7.22. The van der Waals surface area contributed by atoms with Gasteiger partial charge in [0.15, 0.2) is 5.13 Å². The highest BCUT2D eigenvalue weighted by atomic mass is 35.5. The topological polar surface area (TPSA) is 92.6 Å². The second-order valence-corrected chi connectivity index (χ2v) is 9.38. The molecule has 176 valence electrons. The number of hydrogen-bond acceptors (Lipinski definition) is 7. The van der Waals surface area contributed by atoms with Gasteiger partial charge in [0, 0.05) is 23.0 Å². The van der Waals surface area contributed by atoms with Crippen LogP contribution in [0.25, 0.3) is 16.0 Å². The number of carbonyl (C=O) groups is 2. The quantitative estimate of drug-likeness (QED) is 0.203. The number of aliphatic hydroxyl groups is 1. The van der Waals surface area contributed by atoms with E-state index in [1.807, 2.05) is 6.92 Å². The summed E-state index contributed by atoms with van der Waals surface area (Å²) in [6, 6.07) is 14.6. The molecule has 3 heterocycles. The van der Waals surface area contributed by atoms with E-state index < -0.39 is 17.7 Å². The Morgan fingerprint density at radius 3 is 2.71 bits per heavy atom. The zero-order chi connectivity index (χ0) is 24.5. The third-order valence-corrected chi connectivity index (χ3v) is 6.84. The van der Waals surface area contributed by atoms with E-state index in [9.17, 15) is 14.7 Å².